The molecule has 0 saturated carbocycles. The number of carbonyl (C=O) groups is 1. The molecule has 1 amide bonds. The summed E-state index contributed by atoms with van der Waals surface area (Å²) in [4.78, 5) is 21.1. The SMILES string of the molecule is CC(CN1CCN(c2ccccn2)CC1)NC(=O)Cc1ccc(C(F)(F)F)cc1. The summed E-state index contributed by atoms with van der Waals surface area (Å²) in [5.41, 5.74) is -0.147. The molecule has 29 heavy (non-hydrogen) atoms. The smallest absolute Gasteiger partial charge is 0.354 e. The molecule has 1 N–H and O–H groups in total. The van der Waals surface area contributed by atoms with Gasteiger partial charge in [-0.25, -0.2) is 4.98 Å². The highest BCUT2D eigenvalue weighted by Gasteiger charge is 2.30. The Balaban J connectivity index is 1.41. The zero-order valence-corrected chi connectivity index (χ0v) is 16.3. The molecule has 3 rings (SSSR count). The molecule has 0 spiro atoms. The van der Waals surface area contributed by atoms with Crippen LogP contribution in [0.3, 0.4) is 0 Å². The lowest BCUT2D eigenvalue weighted by Crippen LogP contribution is -2.51. The second-order valence-corrected chi connectivity index (χ2v) is 7.32. The number of piperazine rings is 1. The summed E-state index contributed by atoms with van der Waals surface area (Å²) < 4.78 is 37.8. The van der Waals surface area contributed by atoms with Crippen LogP contribution in [0.5, 0.6) is 0 Å². The van der Waals surface area contributed by atoms with E-state index < -0.39 is 11.7 Å². The number of aromatic nitrogens is 1. The topological polar surface area (TPSA) is 48.5 Å². The van der Waals surface area contributed by atoms with E-state index in [4.69, 9.17) is 0 Å². The van der Waals surface area contributed by atoms with Crippen molar-refractivity contribution in [3.8, 4) is 0 Å². The van der Waals surface area contributed by atoms with Crippen LogP contribution in [-0.2, 0) is 17.4 Å². The van der Waals surface area contributed by atoms with E-state index in [1.807, 2.05) is 25.1 Å². The minimum absolute atomic E-state index is 0.0432. The third-order valence-corrected chi connectivity index (χ3v) is 4.93. The van der Waals surface area contributed by atoms with Crippen molar-refractivity contribution in [2.24, 2.45) is 0 Å². The van der Waals surface area contributed by atoms with E-state index in [1.54, 1.807) is 6.20 Å². The van der Waals surface area contributed by atoms with Crippen molar-refractivity contribution in [3.05, 3.63) is 59.8 Å². The van der Waals surface area contributed by atoms with Crippen LogP contribution in [0.25, 0.3) is 0 Å². The molecule has 1 aromatic heterocycles. The lowest BCUT2D eigenvalue weighted by atomic mass is 10.1. The second kappa shape index (κ2) is 9.26. The van der Waals surface area contributed by atoms with Crippen molar-refractivity contribution in [1.82, 2.24) is 15.2 Å². The third kappa shape index (κ3) is 6.19. The maximum Gasteiger partial charge on any atom is 0.416 e. The summed E-state index contributed by atoms with van der Waals surface area (Å²) >= 11 is 0. The van der Waals surface area contributed by atoms with Crippen molar-refractivity contribution >= 4 is 11.7 Å². The number of carbonyl (C=O) groups excluding carboxylic acids is 1. The van der Waals surface area contributed by atoms with E-state index in [2.05, 4.69) is 20.1 Å². The summed E-state index contributed by atoms with van der Waals surface area (Å²) in [7, 11) is 0. The van der Waals surface area contributed by atoms with Gasteiger partial charge in [-0.05, 0) is 36.8 Å². The lowest BCUT2D eigenvalue weighted by molar-refractivity contribution is -0.137. The van der Waals surface area contributed by atoms with Crippen molar-refractivity contribution in [1.29, 1.82) is 0 Å². The van der Waals surface area contributed by atoms with Gasteiger partial charge in [0.05, 0.1) is 12.0 Å². The summed E-state index contributed by atoms with van der Waals surface area (Å²) in [6.45, 7) is 6.20. The number of rotatable bonds is 6. The van der Waals surface area contributed by atoms with Gasteiger partial charge in [0.2, 0.25) is 5.91 Å². The number of alkyl halides is 3. The Labute approximate surface area is 168 Å². The molecular formula is C21H25F3N4O. The highest BCUT2D eigenvalue weighted by molar-refractivity contribution is 5.78. The zero-order valence-electron chi connectivity index (χ0n) is 16.3. The first-order valence-electron chi connectivity index (χ1n) is 9.65. The van der Waals surface area contributed by atoms with Crippen molar-refractivity contribution in [2.75, 3.05) is 37.6 Å². The molecule has 1 atom stereocenters. The maximum atomic E-state index is 12.6. The monoisotopic (exact) mass is 406 g/mol. The number of amides is 1. The first kappa shape index (κ1) is 21.1. The molecule has 0 radical (unpaired) electrons. The lowest BCUT2D eigenvalue weighted by Gasteiger charge is -2.36. The number of hydrogen-bond donors (Lipinski definition) is 1. The fourth-order valence-electron chi connectivity index (χ4n) is 3.46. The Bertz CT molecular complexity index is 788. The zero-order chi connectivity index (χ0) is 20.9. The van der Waals surface area contributed by atoms with Crippen LogP contribution in [0.2, 0.25) is 0 Å². The minimum atomic E-state index is -4.37. The van der Waals surface area contributed by atoms with Gasteiger partial charge in [-0.15, -0.1) is 0 Å². The molecule has 0 bridgehead atoms. The number of benzene rings is 1. The molecule has 8 heteroatoms. The van der Waals surface area contributed by atoms with Crippen LogP contribution in [0.1, 0.15) is 18.1 Å². The fraction of sp³-hybridized carbons (Fsp3) is 0.429. The molecule has 1 saturated heterocycles. The van der Waals surface area contributed by atoms with Gasteiger partial charge >= 0.3 is 6.18 Å². The predicted octanol–water partition coefficient (Wildman–Crippen LogP) is 2.97. The number of anilines is 1. The predicted molar refractivity (Wildman–Crippen MR) is 106 cm³/mol. The first-order chi connectivity index (χ1) is 13.8. The van der Waals surface area contributed by atoms with Gasteiger partial charge in [-0.2, -0.15) is 13.2 Å². The highest BCUT2D eigenvalue weighted by atomic mass is 19.4. The number of nitrogens with one attached hydrogen (secondary N) is 1. The van der Waals surface area contributed by atoms with Crippen LogP contribution in [-0.4, -0.2) is 54.6 Å². The van der Waals surface area contributed by atoms with Crippen LogP contribution in [0.4, 0.5) is 19.0 Å². The average molecular weight is 406 g/mol. The van der Waals surface area contributed by atoms with E-state index >= 15 is 0 Å². The van der Waals surface area contributed by atoms with Crippen LogP contribution in [0.15, 0.2) is 48.7 Å². The van der Waals surface area contributed by atoms with Crippen LogP contribution < -0.4 is 10.2 Å². The van der Waals surface area contributed by atoms with E-state index in [0.29, 0.717) is 5.56 Å². The van der Waals surface area contributed by atoms with E-state index in [9.17, 15) is 18.0 Å². The molecule has 2 heterocycles. The summed E-state index contributed by atoms with van der Waals surface area (Å²) in [5.74, 6) is 0.787. The van der Waals surface area contributed by atoms with Gasteiger partial charge in [0.15, 0.2) is 0 Å². The molecule has 1 aliphatic rings. The number of nitrogens with zero attached hydrogens (tertiary/aromatic N) is 3. The summed E-state index contributed by atoms with van der Waals surface area (Å²) in [6, 6.07) is 10.5. The van der Waals surface area contributed by atoms with Gasteiger partial charge in [-0.3, -0.25) is 9.69 Å². The maximum absolute atomic E-state index is 12.6. The highest BCUT2D eigenvalue weighted by Crippen LogP contribution is 2.29. The molecule has 1 aliphatic heterocycles. The van der Waals surface area contributed by atoms with Crippen molar-refractivity contribution in [3.63, 3.8) is 0 Å². The number of pyridine rings is 1. The van der Waals surface area contributed by atoms with Gasteiger partial charge < -0.3 is 10.2 Å². The first-order valence-corrected chi connectivity index (χ1v) is 9.65. The molecule has 0 aliphatic carbocycles. The largest absolute Gasteiger partial charge is 0.416 e. The van der Waals surface area contributed by atoms with Gasteiger partial charge in [0.1, 0.15) is 5.82 Å². The van der Waals surface area contributed by atoms with E-state index in [1.165, 1.54) is 12.1 Å². The second-order valence-electron chi connectivity index (χ2n) is 7.32. The normalized spacial score (nSPS) is 16.5. The molecule has 156 valence electrons. The molecule has 1 aromatic carbocycles. The Morgan fingerprint density at radius 3 is 2.38 bits per heavy atom. The molecule has 5 nitrogen and oxygen atoms in total. The summed E-state index contributed by atoms with van der Waals surface area (Å²) in [6.07, 6.45) is -2.51. The average Bonchev–Trinajstić information content (AvgIpc) is 2.69. The van der Waals surface area contributed by atoms with E-state index in [0.717, 1.165) is 50.7 Å². The Hall–Kier alpha value is -2.61. The van der Waals surface area contributed by atoms with Crippen LogP contribution >= 0.6 is 0 Å². The molecule has 1 unspecified atom stereocenters. The Morgan fingerprint density at radius 1 is 1.10 bits per heavy atom. The standard InChI is InChI=1S/C21H25F3N4O/c1-16(15-27-10-12-28(13-11-27)19-4-2-3-9-25-19)26-20(29)14-17-5-7-18(8-6-17)21(22,23)24/h2-9,16H,10-15H2,1H3,(H,26,29). The van der Waals surface area contributed by atoms with Crippen LogP contribution in [0, 0.1) is 0 Å². The van der Waals surface area contributed by atoms with Gasteiger partial charge in [-0.1, -0.05) is 18.2 Å². The molecular weight excluding hydrogens is 381 g/mol. The number of hydrogen-bond acceptors (Lipinski definition) is 4. The Morgan fingerprint density at radius 2 is 1.79 bits per heavy atom. The Kier molecular flexibility index (Phi) is 6.74. The van der Waals surface area contributed by atoms with E-state index in [-0.39, 0.29) is 18.4 Å². The van der Waals surface area contributed by atoms with Gasteiger partial charge in [0, 0.05) is 45.0 Å². The third-order valence-electron chi connectivity index (χ3n) is 4.93. The fourth-order valence-corrected chi connectivity index (χ4v) is 3.46. The molecule has 2 aromatic rings. The quantitative estimate of drug-likeness (QED) is 0.802. The van der Waals surface area contributed by atoms with Gasteiger partial charge in [0.25, 0.3) is 0 Å². The number of halogens is 3. The minimum Gasteiger partial charge on any atom is -0.354 e. The van der Waals surface area contributed by atoms with Crippen molar-refractivity contribution < 1.29 is 18.0 Å². The molecule has 1 fully saturated rings. The summed E-state index contributed by atoms with van der Waals surface area (Å²) in [5, 5.41) is 2.93. The van der Waals surface area contributed by atoms with Crippen molar-refractivity contribution in [2.45, 2.75) is 25.6 Å².